The second-order valence-electron chi connectivity index (χ2n) is 8.21. The summed E-state index contributed by atoms with van der Waals surface area (Å²) in [6.07, 6.45) is 1.65. The molecule has 0 aliphatic carbocycles. The van der Waals surface area contributed by atoms with Crippen molar-refractivity contribution in [2.45, 2.75) is 51.6 Å². The van der Waals surface area contributed by atoms with E-state index in [0.29, 0.717) is 21.9 Å². The molecule has 2 aromatic heterocycles. The van der Waals surface area contributed by atoms with Crippen LogP contribution < -0.4 is 15.8 Å². The molecule has 0 saturated heterocycles. The molecule has 0 atom stereocenters. The summed E-state index contributed by atoms with van der Waals surface area (Å²) in [5, 5.41) is 5.15. The van der Waals surface area contributed by atoms with E-state index in [4.69, 9.17) is 9.15 Å². The Bertz CT molecular complexity index is 1330. The molecule has 10 heteroatoms. The van der Waals surface area contributed by atoms with Crippen LogP contribution in [0.1, 0.15) is 51.0 Å². The third-order valence-electron chi connectivity index (χ3n) is 5.51. The second kappa shape index (κ2) is 11.0. The van der Waals surface area contributed by atoms with E-state index in [2.05, 4.69) is 22.2 Å². The lowest BCUT2D eigenvalue weighted by Crippen LogP contribution is -2.10. The maximum absolute atomic E-state index is 13.7. The lowest BCUT2D eigenvalue weighted by molar-refractivity contribution is -0.138. The van der Waals surface area contributed by atoms with Gasteiger partial charge in [-0.1, -0.05) is 45.1 Å². The fourth-order valence-corrected chi connectivity index (χ4v) is 4.45. The summed E-state index contributed by atoms with van der Waals surface area (Å²) in [7, 11) is 0. The van der Waals surface area contributed by atoms with Gasteiger partial charge in [-0.05, 0) is 36.8 Å². The number of hydrogen-bond donors (Lipinski definition) is 2. The van der Waals surface area contributed by atoms with Crippen LogP contribution in [0.15, 0.2) is 51.0 Å². The number of oxazole rings is 1. The largest absolute Gasteiger partial charge is 0.493 e. The average molecular weight is 506 g/mol. The molecule has 0 bridgehead atoms. The van der Waals surface area contributed by atoms with Crippen molar-refractivity contribution in [3.05, 3.63) is 57.9 Å². The number of nitrogens with zero attached hydrogens (tertiary/aromatic N) is 1. The van der Waals surface area contributed by atoms with E-state index in [1.807, 2.05) is 0 Å². The molecule has 0 radical (unpaired) electrons. The highest BCUT2D eigenvalue weighted by Gasteiger charge is 2.34. The minimum Gasteiger partial charge on any atom is -0.493 e. The van der Waals surface area contributed by atoms with Crippen LogP contribution in [0, 0.1) is 0 Å². The van der Waals surface area contributed by atoms with Gasteiger partial charge in [-0.25, -0.2) is 9.78 Å². The molecule has 0 aliphatic heterocycles. The van der Waals surface area contributed by atoms with Gasteiger partial charge in [0.15, 0.2) is 10.7 Å². The van der Waals surface area contributed by atoms with Crippen molar-refractivity contribution in [3.8, 4) is 17.0 Å². The Morgan fingerprint density at radius 1 is 1.09 bits per heavy atom. The number of rotatable bonds is 11. The van der Waals surface area contributed by atoms with Crippen molar-refractivity contribution in [2.24, 2.45) is 0 Å². The number of benzene rings is 2. The molecular weight excluding hydrogens is 479 g/mol. The predicted molar refractivity (Wildman–Crippen MR) is 132 cm³/mol. The smallest absolute Gasteiger partial charge is 0.420 e. The number of unbranched alkanes of at least 4 members (excludes halogenated alkanes) is 5. The third kappa shape index (κ3) is 6.45. The molecule has 35 heavy (non-hydrogen) atoms. The third-order valence-corrected chi connectivity index (χ3v) is 6.27. The van der Waals surface area contributed by atoms with Crippen LogP contribution in [0.3, 0.4) is 0 Å². The number of aromatic amines is 1. The number of nitrogens with one attached hydrogen (secondary N) is 2. The van der Waals surface area contributed by atoms with Crippen molar-refractivity contribution in [3.63, 3.8) is 0 Å². The topological polar surface area (TPSA) is 80.1 Å². The van der Waals surface area contributed by atoms with Gasteiger partial charge in [0.1, 0.15) is 5.75 Å². The maximum atomic E-state index is 13.7. The Morgan fingerprint density at radius 2 is 1.89 bits per heavy atom. The van der Waals surface area contributed by atoms with Crippen molar-refractivity contribution < 1.29 is 22.3 Å². The molecule has 0 unspecified atom stereocenters. The zero-order valence-corrected chi connectivity index (χ0v) is 20.0. The first-order valence-electron chi connectivity index (χ1n) is 11.5. The summed E-state index contributed by atoms with van der Waals surface area (Å²) in [6.45, 7) is 2.39. The van der Waals surface area contributed by atoms with Gasteiger partial charge in [0.2, 0.25) is 0 Å². The molecular formula is C25H26F3N3O3S. The number of ether oxygens (including phenoxy) is 1. The quantitative estimate of drug-likeness (QED) is 0.204. The number of fused-ring (bicyclic) bond motifs is 1. The number of anilines is 2. The Labute approximate surface area is 204 Å². The van der Waals surface area contributed by atoms with E-state index in [0.717, 1.165) is 43.7 Å². The van der Waals surface area contributed by atoms with E-state index in [9.17, 15) is 18.0 Å². The minimum absolute atomic E-state index is 0.169. The van der Waals surface area contributed by atoms with E-state index in [1.165, 1.54) is 23.8 Å². The molecule has 0 fully saturated rings. The zero-order valence-electron chi connectivity index (χ0n) is 19.2. The first-order valence-corrected chi connectivity index (χ1v) is 12.4. The van der Waals surface area contributed by atoms with Gasteiger partial charge in [-0.15, -0.1) is 11.3 Å². The second-order valence-corrected chi connectivity index (χ2v) is 9.07. The Balaban J connectivity index is 1.43. The number of alkyl halides is 3. The molecule has 0 aliphatic rings. The number of thiazole rings is 1. The van der Waals surface area contributed by atoms with Crippen LogP contribution in [0.25, 0.3) is 22.4 Å². The molecule has 2 heterocycles. The standard InChI is InChI=1S/C25H26F3N3O3S/c1-2-3-4-5-6-7-12-33-21-11-9-17(14-18(21)25(26,27)28)29-23-30-20(15-35-23)16-8-10-19-22(13-16)34-24(32)31-19/h8-11,13-15H,2-7,12H2,1H3,(H,29,30)(H,31,32). The van der Waals surface area contributed by atoms with Crippen LogP contribution in [0.4, 0.5) is 24.0 Å². The first-order chi connectivity index (χ1) is 16.8. The van der Waals surface area contributed by atoms with Gasteiger partial charge in [0.05, 0.1) is 23.4 Å². The summed E-state index contributed by atoms with van der Waals surface area (Å²) in [5.41, 5.74) is 1.75. The van der Waals surface area contributed by atoms with Crippen LogP contribution in [0.2, 0.25) is 0 Å². The summed E-state index contributed by atoms with van der Waals surface area (Å²) < 4.78 is 51.6. The van der Waals surface area contributed by atoms with Crippen molar-refractivity contribution in [1.29, 1.82) is 0 Å². The van der Waals surface area contributed by atoms with Gasteiger partial charge in [-0.3, -0.25) is 4.98 Å². The Hall–Kier alpha value is -3.27. The van der Waals surface area contributed by atoms with Gasteiger partial charge < -0.3 is 14.5 Å². The average Bonchev–Trinajstić information content (AvgIpc) is 3.43. The van der Waals surface area contributed by atoms with Crippen molar-refractivity contribution in [2.75, 3.05) is 11.9 Å². The summed E-state index contributed by atoms with van der Waals surface area (Å²) in [6, 6.07) is 9.11. The monoisotopic (exact) mass is 505 g/mol. The molecule has 186 valence electrons. The molecule has 0 spiro atoms. The van der Waals surface area contributed by atoms with Gasteiger partial charge in [0.25, 0.3) is 0 Å². The van der Waals surface area contributed by atoms with Gasteiger partial charge in [-0.2, -0.15) is 13.2 Å². The van der Waals surface area contributed by atoms with Crippen LogP contribution in [-0.4, -0.2) is 16.6 Å². The number of H-pyrrole nitrogens is 1. The van der Waals surface area contributed by atoms with Crippen molar-refractivity contribution >= 4 is 33.3 Å². The highest BCUT2D eigenvalue weighted by Crippen LogP contribution is 2.39. The summed E-state index contributed by atoms with van der Waals surface area (Å²) in [5.74, 6) is -0.713. The maximum Gasteiger partial charge on any atom is 0.420 e. The molecule has 4 rings (SSSR count). The summed E-state index contributed by atoms with van der Waals surface area (Å²) in [4.78, 5) is 18.4. The highest BCUT2D eigenvalue weighted by atomic mass is 32.1. The van der Waals surface area contributed by atoms with E-state index in [1.54, 1.807) is 29.6 Å². The number of hydrogen-bond acceptors (Lipinski definition) is 6. The SMILES string of the molecule is CCCCCCCCOc1ccc(Nc2nc(-c3ccc4[nH]c(=O)oc4c3)cs2)cc1C(F)(F)F. The fraction of sp³-hybridized carbons (Fsp3) is 0.360. The minimum atomic E-state index is -4.54. The Kier molecular flexibility index (Phi) is 7.80. The molecule has 0 saturated carbocycles. The molecule has 4 aromatic rings. The van der Waals surface area contributed by atoms with Crippen LogP contribution in [-0.2, 0) is 6.18 Å². The molecule has 0 amide bonds. The lowest BCUT2D eigenvalue weighted by atomic mass is 10.1. The summed E-state index contributed by atoms with van der Waals surface area (Å²) >= 11 is 1.26. The fourth-order valence-electron chi connectivity index (χ4n) is 3.71. The van der Waals surface area contributed by atoms with Gasteiger partial charge >= 0.3 is 11.9 Å². The lowest BCUT2D eigenvalue weighted by Gasteiger charge is -2.15. The van der Waals surface area contributed by atoms with Crippen LogP contribution in [0.5, 0.6) is 5.75 Å². The molecule has 2 aromatic carbocycles. The predicted octanol–water partition coefficient (Wildman–Crippen LogP) is 7.75. The molecule has 2 N–H and O–H groups in total. The Morgan fingerprint density at radius 3 is 2.69 bits per heavy atom. The van der Waals surface area contributed by atoms with E-state index < -0.39 is 17.5 Å². The van der Waals surface area contributed by atoms with E-state index >= 15 is 0 Å². The number of halogens is 3. The van der Waals surface area contributed by atoms with E-state index in [-0.39, 0.29) is 18.0 Å². The highest BCUT2D eigenvalue weighted by molar-refractivity contribution is 7.14. The van der Waals surface area contributed by atoms with Crippen LogP contribution >= 0.6 is 11.3 Å². The first kappa shape index (κ1) is 24.8. The normalized spacial score (nSPS) is 11.8. The zero-order chi connectivity index (χ0) is 24.8. The number of aromatic nitrogens is 2. The molecule has 6 nitrogen and oxygen atoms in total. The van der Waals surface area contributed by atoms with Crippen molar-refractivity contribution in [1.82, 2.24) is 9.97 Å². The van der Waals surface area contributed by atoms with Gasteiger partial charge in [0, 0.05) is 16.6 Å².